The molecule has 0 unspecified atom stereocenters. The molecule has 0 heterocycles. The summed E-state index contributed by atoms with van der Waals surface area (Å²) in [6.07, 6.45) is 0.862. The Bertz CT molecular complexity index is 1140. The number of carbonyl (C=O) groups excluding carboxylic acids is 2. The third-order valence-corrected chi connectivity index (χ3v) is 5.16. The van der Waals surface area contributed by atoms with Crippen LogP contribution in [0.4, 0.5) is 24.5 Å². The Labute approximate surface area is 196 Å². The first kappa shape index (κ1) is 25.0. The number of amides is 2. The Morgan fingerprint density at radius 2 is 1.44 bits per heavy atom. The van der Waals surface area contributed by atoms with Crippen molar-refractivity contribution in [3.8, 4) is 11.1 Å². The molecule has 34 heavy (non-hydrogen) atoms. The highest BCUT2D eigenvalue weighted by Gasteiger charge is 2.17. The number of halogens is 3. The summed E-state index contributed by atoms with van der Waals surface area (Å²) in [4.78, 5) is 26.7. The lowest BCUT2D eigenvalue weighted by atomic mass is 10.0. The highest BCUT2D eigenvalue weighted by atomic mass is 19.2. The van der Waals surface area contributed by atoms with Crippen molar-refractivity contribution in [1.29, 1.82) is 0 Å². The second-order valence-corrected chi connectivity index (χ2v) is 7.76. The molecule has 2 N–H and O–H groups in total. The molecule has 5 nitrogen and oxygen atoms in total. The molecular weight excluding hydrogens is 443 g/mol. The molecule has 0 saturated carbocycles. The van der Waals surface area contributed by atoms with Crippen LogP contribution in [0.2, 0.25) is 0 Å². The minimum Gasteiger partial charge on any atom is -0.325 e. The molecule has 2 amide bonds. The van der Waals surface area contributed by atoms with Crippen LogP contribution in [-0.4, -0.2) is 36.3 Å². The van der Waals surface area contributed by atoms with E-state index in [1.54, 1.807) is 4.90 Å². The minimum absolute atomic E-state index is 0.125. The Kier molecular flexibility index (Phi) is 8.81. The molecule has 0 aliphatic carbocycles. The van der Waals surface area contributed by atoms with E-state index in [1.165, 1.54) is 0 Å². The zero-order chi connectivity index (χ0) is 24.5. The molecule has 0 spiro atoms. The SMILES string of the molecule is CCCN(CCC(=O)Nc1ccccc1-c1ccccc1)CC(=O)Nc1ccc(F)c(F)c1F. The number of rotatable bonds is 10. The highest BCUT2D eigenvalue weighted by Crippen LogP contribution is 2.27. The summed E-state index contributed by atoms with van der Waals surface area (Å²) in [5.74, 6) is -5.23. The molecule has 0 aromatic heterocycles. The molecule has 0 fully saturated rings. The van der Waals surface area contributed by atoms with E-state index in [0.29, 0.717) is 18.8 Å². The van der Waals surface area contributed by atoms with E-state index in [4.69, 9.17) is 0 Å². The average molecular weight is 470 g/mol. The number of nitrogens with zero attached hydrogens (tertiary/aromatic N) is 1. The number of para-hydroxylation sites is 1. The van der Waals surface area contributed by atoms with E-state index in [1.807, 2.05) is 61.5 Å². The summed E-state index contributed by atoms with van der Waals surface area (Å²) in [6, 6.07) is 18.9. The van der Waals surface area contributed by atoms with Gasteiger partial charge in [-0.15, -0.1) is 0 Å². The van der Waals surface area contributed by atoms with Crippen LogP contribution in [0.25, 0.3) is 11.1 Å². The number of carbonyl (C=O) groups is 2. The summed E-state index contributed by atoms with van der Waals surface area (Å²) in [7, 11) is 0. The van der Waals surface area contributed by atoms with Crippen molar-refractivity contribution in [1.82, 2.24) is 4.90 Å². The number of hydrogen-bond acceptors (Lipinski definition) is 3. The van der Waals surface area contributed by atoms with Crippen LogP contribution in [0.15, 0.2) is 66.7 Å². The van der Waals surface area contributed by atoms with Crippen molar-refractivity contribution < 1.29 is 22.8 Å². The second-order valence-electron chi connectivity index (χ2n) is 7.76. The largest absolute Gasteiger partial charge is 0.325 e. The Hall–Kier alpha value is -3.65. The van der Waals surface area contributed by atoms with Crippen LogP contribution in [0.1, 0.15) is 19.8 Å². The van der Waals surface area contributed by atoms with E-state index < -0.39 is 29.0 Å². The van der Waals surface area contributed by atoms with Crippen molar-refractivity contribution >= 4 is 23.2 Å². The molecule has 0 saturated heterocycles. The molecule has 0 aliphatic heterocycles. The fourth-order valence-corrected chi connectivity index (χ4v) is 3.54. The summed E-state index contributed by atoms with van der Waals surface area (Å²) >= 11 is 0. The molecule has 3 rings (SSSR count). The lowest BCUT2D eigenvalue weighted by Crippen LogP contribution is -2.36. The topological polar surface area (TPSA) is 61.4 Å². The van der Waals surface area contributed by atoms with Crippen LogP contribution >= 0.6 is 0 Å². The van der Waals surface area contributed by atoms with Crippen LogP contribution in [0, 0.1) is 17.5 Å². The van der Waals surface area contributed by atoms with Gasteiger partial charge in [0.2, 0.25) is 11.8 Å². The van der Waals surface area contributed by atoms with Gasteiger partial charge in [-0.25, -0.2) is 13.2 Å². The van der Waals surface area contributed by atoms with E-state index in [-0.39, 0.29) is 18.9 Å². The van der Waals surface area contributed by atoms with Crippen molar-refractivity contribution in [2.75, 3.05) is 30.3 Å². The van der Waals surface area contributed by atoms with Gasteiger partial charge in [0, 0.05) is 24.2 Å². The van der Waals surface area contributed by atoms with E-state index in [2.05, 4.69) is 10.6 Å². The summed E-state index contributed by atoms with van der Waals surface area (Å²) in [5.41, 5.74) is 2.13. The monoisotopic (exact) mass is 469 g/mol. The van der Waals surface area contributed by atoms with Crippen LogP contribution in [-0.2, 0) is 9.59 Å². The summed E-state index contributed by atoms with van der Waals surface area (Å²) in [6.45, 7) is 2.62. The zero-order valence-electron chi connectivity index (χ0n) is 18.8. The third-order valence-electron chi connectivity index (χ3n) is 5.16. The van der Waals surface area contributed by atoms with Gasteiger partial charge in [-0.05, 0) is 36.7 Å². The minimum atomic E-state index is -1.64. The van der Waals surface area contributed by atoms with E-state index in [9.17, 15) is 22.8 Å². The van der Waals surface area contributed by atoms with Crippen LogP contribution < -0.4 is 10.6 Å². The summed E-state index contributed by atoms with van der Waals surface area (Å²) < 4.78 is 40.3. The van der Waals surface area contributed by atoms with Crippen molar-refractivity contribution in [3.05, 3.63) is 84.2 Å². The number of nitrogens with one attached hydrogen (secondary N) is 2. The second kappa shape index (κ2) is 12.0. The number of benzene rings is 3. The quantitative estimate of drug-likeness (QED) is 0.388. The number of anilines is 2. The number of hydrogen-bond donors (Lipinski definition) is 2. The molecule has 0 atom stereocenters. The van der Waals surface area contributed by atoms with Crippen LogP contribution in [0.5, 0.6) is 0 Å². The first-order valence-corrected chi connectivity index (χ1v) is 11.0. The van der Waals surface area contributed by atoms with Gasteiger partial charge >= 0.3 is 0 Å². The fourth-order valence-electron chi connectivity index (χ4n) is 3.54. The third kappa shape index (κ3) is 6.68. The fraction of sp³-hybridized carbons (Fsp3) is 0.231. The van der Waals surface area contributed by atoms with Gasteiger partial charge in [0.15, 0.2) is 17.5 Å². The van der Waals surface area contributed by atoms with Gasteiger partial charge in [-0.1, -0.05) is 55.5 Å². The maximum Gasteiger partial charge on any atom is 0.238 e. The average Bonchev–Trinajstić information content (AvgIpc) is 2.84. The molecule has 0 radical (unpaired) electrons. The molecule has 0 aliphatic rings. The molecule has 3 aromatic rings. The van der Waals surface area contributed by atoms with Gasteiger partial charge in [-0.2, -0.15) is 0 Å². The van der Waals surface area contributed by atoms with Gasteiger partial charge in [-0.3, -0.25) is 14.5 Å². The van der Waals surface area contributed by atoms with Crippen LogP contribution in [0.3, 0.4) is 0 Å². The Balaban J connectivity index is 1.58. The normalized spacial score (nSPS) is 10.9. The van der Waals surface area contributed by atoms with Gasteiger partial charge in [0.1, 0.15) is 0 Å². The molecular formula is C26H26F3N3O2. The lowest BCUT2D eigenvalue weighted by molar-refractivity contribution is -0.119. The van der Waals surface area contributed by atoms with E-state index >= 15 is 0 Å². The van der Waals surface area contributed by atoms with Crippen molar-refractivity contribution in [3.63, 3.8) is 0 Å². The zero-order valence-corrected chi connectivity index (χ0v) is 18.8. The van der Waals surface area contributed by atoms with E-state index in [0.717, 1.165) is 29.7 Å². The summed E-state index contributed by atoms with van der Waals surface area (Å²) in [5, 5.41) is 5.18. The predicted octanol–water partition coefficient (Wildman–Crippen LogP) is 5.45. The maximum absolute atomic E-state index is 13.8. The van der Waals surface area contributed by atoms with Crippen molar-refractivity contribution in [2.24, 2.45) is 0 Å². The van der Waals surface area contributed by atoms with Gasteiger partial charge < -0.3 is 10.6 Å². The molecule has 3 aromatic carbocycles. The smallest absolute Gasteiger partial charge is 0.238 e. The highest BCUT2D eigenvalue weighted by molar-refractivity contribution is 5.95. The maximum atomic E-state index is 13.8. The molecule has 8 heteroatoms. The standard InChI is InChI=1S/C26H26F3N3O2/c1-2-15-32(17-24(34)31-22-13-12-20(27)25(28)26(22)29)16-14-23(33)30-21-11-7-6-10-19(21)18-8-4-3-5-9-18/h3-13H,2,14-17H2,1H3,(H,30,33)(H,31,34). The lowest BCUT2D eigenvalue weighted by Gasteiger charge is -2.21. The Morgan fingerprint density at radius 1 is 0.765 bits per heavy atom. The first-order valence-electron chi connectivity index (χ1n) is 11.0. The molecule has 0 bridgehead atoms. The van der Waals surface area contributed by atoms with Crippen molar-refractivity contribution in [2.45, 2.75) is 19.8 Å². The molecule has 178 valence electrons. The predicted molar refractivity (Wildman–Crippen MR) is 127 cm³/mol. The van der Waals surface area contributed by atoms with Gasteiger partial charge in [0.05, 0.1) is 12.2 Å². The Morgan fingerprint density at radius 3 is 2.18 bits per heavy atom. The first-order chi connectivity index (χ1) is 16.4. The van der Waals surface area contributed by atoms with Gasteiger partial charge in [0.25, 0.3) is 0 Å².